The molecule has 4 rings (SSSR count). The van der Waals surface area contributed by atoms with Crippen LogP contribution in [0, 0.1) is 0 Å². The summed E-state index contributed by atoms with van der Waals surface area (Å²) < 4.78 is 16.8. The van der Waals surface area contributed by atoms with Crippen molar-refractivity contribution in [2.45, 2.75) is 39.3 Å². The summed E-state index contributed by atoms with van der Waals surface area (Å²) in [6.45, 7) is 11.9. The highest BCUT2D eigenvalue weighted by molar-refractivity contribution is 14.0. The van der Waals surface area contributed by atoms with Crippen molar-refractivity contribution >= 4 is 29.9 Å². The number of hydrogen-bond acceptors (Lipinski definition) is 6. The zero-order valence-electron chi connectivity index (χ0n) is 18.7. The molecule has 170 valence electrons. The number of ether oxygens (including phenoxy) is 2. The molecule has 1 saturated heterocycles. The van der Waals surface area contributed by atoms with Crippen LogP contribution in [0.4, 0.5) is 0 Å². The molecule has 1 fully saturated rings. The molecule has 1 aromatic heterocycles. The van der Waals surface area contributed by atoms with Gasteiger partial charge in [0.2, 0.25) is 12.7 Å². The van der Waals surface area contributed by atoms with Crippen LogP contribution in [0.3, 0.4) is 0 Å². The van der Waals surface area contributed by atoms with Crippen LogP contribution in [-0.2, 0) is 18.5 Å². The summed E-state index contributed by atoms with van der Waals surface area (Å²) in [4.78, 5) is 13.6. The van der Waals surface area contributed by atoms with Gasteiger partial charge in [0, 0.05) is 45.2 Å². The summed E-state index contributed by atoms with van der Waals surface area (Å²) in [5, 5.41) is 3.38. The summed E-state index contributed by atoms with van der Waals surface area (Å²) >= 11 is 0. The molecule has 0 aliphatic carbocycles. The molecule has 0 spiro atoms. The summed E-state index contributed by atoms with van der Waals surface area (Å²) in [5.74, 6) is 4.14. The largest absolute Gasteiger partial charge is 0.454 e. The van der Waals surface area contributed by atoms with Gasteiger partial charge in [-0.05, 0) is 17.7 Å². The second-order valence-electron chi connectivity index (χ2n) is 8.72. The quantitative estimate of drug-likeness (QED) is 0.362. The van der Waals surface area contributed by atoms with Gasteiger partial charge in [0.1, 0.15) is 5.76 Å². The van der Waals surface area contributed by atoms with E-state index in [1.807, 2.05) is 19.3 Å². The minimum Gasteiger partial charge on any atom is -0.454 e. The molecule has 0 unspecified atom stereocenters. The zero-order valence-corrected chi connectivity index (χ0v) is 21.0. The van der Waals surface area contributed by atoms with E-state index in [2.05, 4.69) is 58.0 Å². The molecule has 0 atom stereocenters. The number of aliphatic imine (C=N–C) groups is 1. The monoisotopic (exact) mass is 541 g/mol. The first-order valence-corrected chi connectivity index (χ1v) is 10.4. The molecule has 9 heteroatoms. The highest BCUT2D eigenvalue weighted by Crippen LogP contribution is 2.32. The molecule has 2 aliphatic heterocycles. The van der Waals surface area contributed by atoms with Crippen LogP contribution >= 0.6 is 24.0 Å². The number of rotatable bonds is 4. The minimum atomic E-state index is -0.0404. The standard InChI is InChI=1S/C22H31N5O3.HI/c1-22(2,3)19-12-24-20(30-19)13-25-21(23-4)27-9-7-26(8-10-27)14-16-5-6-17-18(11-16)29-15-28-17;/h5-6,11-12H,7-10,13-15H2,1-4H3,(H,23,25);1H. The Hall–Kier alpha value is -2.01. The van der Waals surface area contributed by atoms with Gasteiger partial charge in [-0.25, -0.2) is 4.98 Å². The Bertz CT molecular complexity index is 901. The average Bonchev–Trinajstić information content (AvgIpc) is 3.38. The van der Waals surface area contributed by atoms with Crippen molar-refractivity contribution in [1.29, 1.82) is 0 Å². The van der Waals surface area contributed by atoms with E-state index >= 15 is 0 Å². The summed E-state index contributed by atoms with van der Waals surface area (Å²) in [6.07, 6.45) is 1.81. The van der Waals surface area contributed by atoms with Crippen molar-refractivity contribution in [3.8, 4) is 11.5 Å². The van der Waals surface area contributed by atoms with E-state index in [-0.39, 0.29) is 29.4 Å². The third-order valence-corrected chi connectivity index (χ3v) is 5.42. The van der Waals surface area contributed by atoms with Crippen LogP contribution in [-0.4, -0.2) is 60.8 Å². The fraction of sp³-hybridized carbons (Fsp3) is 0.545. The van der Waals surface area contributed by atoms with Crippen molar-refractivity contribution in [2.24, 2.45) is 4.99 Å². The van der Waals surface area contributed by atoms with Gasteiger partial charge >= 0.3 is 0 Å². The van der Waals surface area contributed by atoms with E-state index in [4.69, 9.17) is 13.9 Å². The number of aromatic nitrogens is 1. The number of fused-ring (bicyclic) bond motifs is 1. The second kappa shape index (κ2) is 10.1. The normalized spacial score (nSPS) is 16.9. The highest BCUT2D eigenvalue weighted by Gasteiger charge is 2.22. The van der Waals surface area contributed by atoms with Crippen molar-refractivity contribution < 1.29 is 13.9 Å². The third kappa shape index (κ3) is 5.82. The first-order valence-electron chi connectivity index (χ1n) is 10.4. The zero-order chi connectivity index (χ0) is 21.1. The lowest BCUT2D eigenvalue weighted by Crippen LogP contribution is -2.52. The molecule has 1 aromatic carbocycles. The lowest BCUT2D eigenvalue weighted by molar-refractivity contribution is 0.171. The molecule has 1 N–H and O–H groups in total. The molecule has 0 radical (unpaired) electrons. The van der Waals surface area contributed by atoms with Gasteiger partial charge in [-0.2, -0.15) is 0 Å². The summed E-state index contributed by atoms with van der Waals surface area (Å²) in [5.41, 5.74) is 1.20. The summed E-state index contributed by atoms with van der Waals surface area (Å²) in [7, 11) is 1.82. The number of oxazole rings is 1. The number of halogens is 1. The molecular weight excluding hydrogens is 509 g/mol. The Morgan fingerprint density at radius 2 is 1.87 bits per heavy atom. The van der Waals surface area contributed by atoms with Crippen LogP contribution < -0.4 is 14.8 Å². The Labute approximate surface area is 201 Å². The van der Waals surface area contributed by atoms with Crippen LogP contribution in [0.5, 0.6) is 11.5 Å². The van der Waals surface area contributed by atoms with Gasteiger partial charge in [0.15, 0.2) is 17.5 Å². The Morgan fingerprint density at radius 3 is 2.55 bits per heavy atom. The maximum absolute atomic E-state index is 5.87. The SMILES string of the molecule is CN=C(NCc1ncc(C(C)(C)C)o1)N1CCN(Cc2ccc3c(c2)OCO3)CC1.I. The fourth-order valence-corrected chi connectivity index (χ4v) is 3.64. The van der Waals surface area contributed by atoms with Gasteiger partial charge in [-0.15, -0.1) is 24.0 Å². The molecule has 0 bridgehead atoms. The molecule has 2 aliphatic rings. The Balaban J connectivity index is 0.00000272. The van der Waals surface area contributed by atoms with Gasteiger partial charge < -0.3 is 24.1 Å². The molecule has 8 nitrogen and oxygen atoms in total. The van der Waals surface area contributed by atoms with E-state index in [1.165, 1.54) is 5.56 Å². The van der Waals surface area contributed by atoms with Crippen molar-refractivity contribution in [3.05, 3.63) is 41.6 Å². The maximum atomic E-state index is 5.87. The van der Waals surface area contributed by atoms with Crippen molar-refractivity contribution in [1.82, 2.24) is 20.1 Å². The Morgan fingerprint density at radius 1 is 1.13 bits per heavy atom. The lowest BCUT2D eigenvalue weighted by Gasteiger charge is -2.36. The van der Waals surface area contributed by atoms with Crippen molar-refractivity contribution in [2.75, 3.05) is 40.0 Å². The third-order valence-electron chi connectivity index (χ3n) is 5.42. The number of nitrogens with one attached hydrogen (secondary N) is 1. The first-order chi connectivity index (χ1) is 14.4. The molecule has 0 saturated carbocycles. The van der Waals surface area contributed by atoms with Crippen LogP contribution in [0.1, 0.15) is 38.0 Å². The van der Waals surface area contributed by atoms with Gasteiger partial charge in [-0.1, -0.05) is 26.8 Å². The highest BCUT2D eigenvalue weighted by atomic mass is 127. The van der Waals surface area contributed by atoms with Crippen LogP contribution in [0.2, 0.25) is 0 Å². The van der Waals surface area contributed by atoms with Crippen LogP contribution in [0.15, 0.2) is 33.8 Å². The second-order valence-corrected chi connectivity index (χ2v) is 8.72. The smallest absolute Gasteiger partial charge is 0.231 e. The minimum absolute atomic E-state index is 0. The lowest BCUT2D eigenvalue weighted by atomic mass is 9.94. The van der Waals surface area contributed by atoms with Gasteiger partial charge in [-0.3, -0.25) is 9.89 Å². The van der Waals surface area contributed by atoms with E-state index in [9.17, 15) is 0 Å². The molecular formula is C22H32IN5O3. The van der Waals surface area contributed by atoms with Crippen LogP contribution in [0.25, 0.3) is 0 Å². The molecule has 2 aromatic rings. The Kier molecular flexibility index (Phi) is 7.68. The molecule has 3 heterocycles. The first kappa shape index (κ1) is 23.6. The van der Waals surface area contributed by atoms with E-state index in [0.717, 1.165) is 55.9 Å². The summed E-state index contributed by atoms with van der Waals surface area (Å²) in [6, 6.07) is 6.19. The number of guanidine groups is 1. The van der Waals surface area contributed by atoms with E-state index in [0.29, 0.717) is 19.2 Å². The number of benzene rings is 1. The predicted molar refractivity (Wildman–Crippen MR) is 130 cm³/mol. The number of nitrogens with zero attached hydrogens (tertiary/aromatic N) is 4. The fourth-order valence-electron chi connectivity index (χ4n) is 3.64. The van der Waals surface area contributed by atoms with Gasteiger partial charge in [0.25, 0.3) is 0 Å². The maximum Gasteiger partial charge on any atom is 0.231 e. The molecule has 31 heavy (non-hydrogen) atoms. The predicted octanol–water partition coefficient (Wildman–Crippen LogP) is 3.21. The molecule has 0 amide bonds. The average molecular weight is 541 g/mol. The topological polar surface area (TPSA) is 75.4 Å². The van der Waals surface area contributed by atoms with Crippen molar-refractivity contribution in [3.63, 3.8) is 0 Å². The van der Waals surface area contributed by atoms with Gasteiger partial charge in [0.05, 0.1) is 12.7 Å². The van der Waals surface area contributed by atoms with E-state index in [1.54, 1.807) is 0 Å². The number of hydrogen-bond donors (Lipinski definition) is 1. The van der Waals surface area contributed by atoms with E-state index < -0.39 is 0 Å². The number of piperazine rings is 1.